The van der Waals surface area contributed by atoms with Crippen molar-refractivity contribution in [2.24, 2.45) is 0 Å². The Hall–Kier alpha value is -1.55. The van der Waals surface area contributed by atoms with Crippen molar-refractivity contribution in [2.75, 3.05) is 10.8 Å². The standard InChI is InChI=1S/C12H7F4IN2O/c13-6-3-5(17)1-2-9(6)18-12-10(16)7(14)4-8(15)11(12)19-20/h1-4,18-20H. The van der Waals surface area contributed by atoms with Gasteiger partial charge in [-0.1, -0.05) is 0 Å². The quantitative estimate of drug-likeness (QED) is 0.311. The van der Waals surface area contributed by atoms with Crippen LogP contribution in [0.4, 0.5) is 34.6 Å². The topological polar surface area (TPSA) is 44.3 Å². The fourth-order valence-electron chi connectivity index (χ4n) is 1.55. The lowest BCUT2D eigenvalue weighted by Gasteiger charge is -2.14. The predicted octanol–water partition coefficient (Wildman–Crippen LogP) is 4.39. The Balaban J connectivity index is 2.52. The van der Waals surface area contributed by atoms with Gasteiger partial charge in [-0.25, -0.2) is 17.6 Å². The van der Waals surface area contributed by atoms with E-state index in [2.05, 4.69) is 5.32 Å². The number of hydrogen-bond acceptors (Lipinski definition) is 3. The molecule has 2 aromatic carbocycles. The first-order chi connectivity index (χ1) is 9.43. The SMILES string of the molecule is ONc1c(F)cc(F)c(F)c1Nc1ccc(I)cc1F. The molecule has 0 aliphatic carbocycles. The Morgan fingerprint density at radius 1 is 0.900 bits per heavy atom. The van der Waals surface area contributed by atoms with Crippen molar-refractivity contribution in [3.8, 4) is 0 Å². The van der Waals surface area contributed by atoms with E-state index in [1.165, 1.54) is 17.6 Å². The van der Waals surface area contributed by atoms with Crippen LogP contribution < -0.4 is 10.8 Å². The first kappa shape index (κ1) is 14.9. The molecule has 2 aromatic rings. The molecule has 8 heteroatoms. The minimum atomic E-state index is -1.46. The Morgan fingerprint density at radius 2 is 1.60 bits per heavy atom. The van der Waals surface area contributed by atoms with Gasteiger partial charge in [0.1, 0.15) is 17.2 Å². The molecule has 0 atom stereocenters. The molecule has 0 fully saturated rings. The van der Waals surface area contributed by atoms with Crippen molar-refractivity contribution >= 4 is 39.7 Å². The van der Waals surface area contributed by atoms with Gasteiger partial charge in [0.25, 0.3) is 0 Å². The summed E-state index contributed by atoms with van der Waals surface area (Å²) in [6.07, 6.45) is 0. The Labute approximate surface area is 124 Å². The van der Waals surface area contributed by atoms with Gasteiger partial charge in [0.05, 0.1) is 5.69 Å². The van der Waals surface area contributed by atoms with Crippen LogP contribution >= 0.6 is 22.6 Å². The van der Waals surface area contributed by atoms with E-state index in [0.717, 1.165) is 6.07 Å². The van der Waals surface area contributed by atoms with Crippen molar-refractivity contribution in [3.05, 3.63) is 51.1 Å². The Morgan fingerprint density at radius 3 is 2.20 bits per heavy atom. The maximum absolute atomic E-state index is 13.6. The maximum atomic E-state index is 13.6. The smallest absolute Gasteiger partial charge is 0.184 e. The van der Waals surface area contributed by atoms with Crippen LogP contribution in [0, 0.1) is 26.8 Å². The normalized spacial score (nSPS) is 10.5. The van der Waals surface area contributed by atoms with Crippen LogP contribution in [0.1, 0.15) is 0 Å². The zero-order chi connectivity index (χ0) is 14.9. The number of rotatable bonds is 3. The molecule has 20 heavy (non-hydrogen) atoms. The molecular weight excluding hydrogens is 391 g/mol. The predicted molar refractivity (Wildman–Crippen MR) is 74.1 cm³/mol. The molecule has 0 unspecified atom stereocenters. The molecule has 3 N–H and O–H groups in total. The molecule has 0 aromatic heterocycles. The highest BCUT2D eigenvalue weighted by molar-refractivity contribution is 14.1. The molecule has 0 aliphatic heterocycles. The van der Waals surface area contributed by atoms with Crippen LogP contribution in [0.25, 0.3) is 0 Å². The molecule has 0 bridgehead atoms. The monoisotopic (exact) mass is 398 g/mol. The summed E-state index contributed by atoms with van der Waals surface area (Å²) in [4.78, 5) is 0. The summed E-state index contributed by atoms with van der Waals surface area (Å²) in [6.45, 7) is 0. The van der Waals surface area contributed by atoms with E-state index in [1.807, 2.05) is 22.6 Å². The summed E-state index contributed by atoms with van der Waals surface area (Å²) in [5.74, 6) is -4.86. The Kier molecular flexibility index (Phi) is 4.33. The summed E-state index contributed by atoms with van der Waals surface area (Å²) < 4.78 is 54.4. The molecule has 0 aliphatic rings. The summed E-state index contributed by atoms with van der Waals surface area (Å²) >= 11 is 1.87. The zero-order valence-electron chi connectivity index (χ0n) is 9.65. The van der Waals surface area contributed by atoms with Crippen LogP contribution in [0.3, 0.4) is 0 Å². The second-order valence-electron chi connectivity index (χ2n) is 3.77. The summed E-state index contributed by atoms with van der Waals surface area (Å²) in [7, 11) is 0. The van der Waals surface area contributed by atoms with Crippen LogP contribution in [0.15, 0.2) is 24.3 Å². The third-order valence-corrected chi connectivity index (χ3v) is 3.15. The van der Waals surface area contributed by atoms with Crippen molar-refractivity contribution in [2.45, 2.75) is 0 Å². The van der Waals surface area contributed by atoms with Gasteiger partial charge in [0.2, 0.25) is 0 Å². The van der Waals surface area contributed by atoms with Crippen LogP contribution in [-0.4, -0.2) is 5.21 Å². The number of halogens is 5. The maximum Gasteiger partial charge on any atom is 0.184 e. The molecular formula is C12H7F4IN2O. The third kappa shape index (κ3) is 2.80. The van der Waals surface area contributed by atoms with Gasteiger partial charge in [-0.2, -0.15) is 0 Å². The lowest BCUT2D eigenvalue weighted by molar-refractivity contribution is 0.382. The second-order valence-corrected chi connectivity index (χ2v) is 5.01. The van der Waals surface area contributed by atoms with Crippen LogP contribution in [0.2, 0.25) is 0 Å². The first-order valence-electron chi connectivity index (χ1n) is 5.23. The highest BCUT2D eigenvalue weighted by Crippen LogP contribution is 2.33. The fourth-order valence-corrected chi connectivity index (χ4v) is 2.00. The molecule has 0 heterocycles. The minimum absolute atomic E-state index is 0.189. The van der Waals surface area contributed by atoms with E-state index in [1.54, 1.807) is 0 Å². The number of nitrogens with one attached hydrogen (secondary N) is 2. The lowest BCUT2D eigenvalue weighted by atomic mass is 10.2. The highest BCUT2D eigenvalue weighted by Gasteiger charge is 2.19. The van der Waals surface area contributed by atoms with E-state index >= 15 is 0 Å². The van der Waals surface area contributed by atoms with Crippen LogP contribution in [-0.2, 0) is 0 Å². The number of hydrogen-bond donors (Lipinski definition) is 3. The van der Waals surface area contributed by atoms with Gasteiger partial charge in [0, 0.05) is 9.64 Å². The molecule has 106 valence electrons. The number of benzene rings is 2. The largest absolute Gasteiger partial charge is 0.349 e. The molecule has 0 radical (unpaired) electrons. The van der Waals surface area contributed by atoms with E-state index in [0.29, 0.717) is 3.57 Å². The average molecular weight is 398 g/mol. The fraction of sp³-hybridized carbons (Fsp3) is 0. The third-order valence-electron chi connectivity index (χ3n) is 2.47. The molecule has 0 spiro atoms. The van der Waals surface area contributed by atoms with Crippen LogP contribution in [0.5, 0.6) is 0 Å². The molecule has 0 saturated heterocycles. The van der Waals surface area contributed by atoms with Gasteiger partial charge in [-0.05, 0) is 40.8 Å². The highest BCUT2D eigenvalue weighted by atomic mass is 127. The summed E-state index contributed by atoms with van der Waals surface area (Å²) in [6, 6.07) is 4.22. The first-order valence-corrected chi connectivity index (χ1v) is 6.31. The Bertz CT molecular complexity index is 666. The zero-order valence-corrected chi connectivity index (χ0v) is 11.8. The van der Waals surface area contributed by atoms with Gasteiger partial charge >= 0.3 is 0 Å². The molecule has 3 nitrogen and oxygen atoms in total. The van der Waals surface area contributed by atoms with Crippen molar-refractivity contribution in [1.82, 2.24) is 0 Å². The second kappa shape index (κ2) is 5.83. The molecule has 0 saturated carbocycles. The minimum Gasteiger partial charge on any atom is -0.349 e. The van der Waals surface area contributed by atoms with Crippen molar-refractivity contribution in [3.63, 3.8) is 0 Å². The average Bonchev–Trinajstić information content (AvgIpc) is 2.38. The number of anilines is 3. The van der Waals surface area contributed by atoms with E-state index < -0.39 is 34.6 Å². The van der Waals surface area contributed by atoms with E-state index in [9.17, 15) is 17.6 Å². The van der Waals surface area contributed by atoms with Crippen molar-refractivity contribution in [1.29, 1.82) is 0 Å². The summed E-state index contributed by atoms with van der Waals surface area (Å²) in [5.41, 5.74) is -0.226. The summed E-state index contributed by atoms with van der Waals surface area (Å²) in [5, 5.41) is 11.0. The van der Waals surface area contributed by atoms with Gasteiger partial charge in [-0.3, -0.25) is 10.7 Å². The van der Waals surface area contributed by atoms with E-state index in [-0.39, 0.29) is 11.8 Å². The van der Waals surface area contributed by atoms with Gasteiger partial charge in [-0.15, -0.1) is 0 Å². The molecule has 2 rings (SSSR count). The lowest BCUT2D eigenvalue weighted by Crippen LogP contribution is -2.06. The van der Waals surface area contributed by atoms with Crippen molar-refractivity contribution < 1.29 is 22.8 Å². The molecule has 0 amide bonds. The van der Waals surface area contributed by atoms with Gasteiger partial charge in [0.15, 0.2) is 17.5 Å². The van der Waals surface area contributed by atoms with Gasteiger partial charge < -0.3 is 5.32 Å². The van der Waals surface area contributed by atoms with E-state index in [4.69, 9.17) is 5.21 Å².